The smallest absolute Gasteiger partial charge is 0.305 e. The lowest BCUT2D eigenvalue weighted by Gasteiger charge is -2.14. The minimum absolute atomic E-state index is 0.0218. The zero-order chi connectivity index (χ0) is 22.0. The number of hydrogen-bond acceptors (Lipinski definition) is 7. The molecule has 31 heavy (non-hydrogen) atoms. The van der Waals surface area contributed by atoms with Crippen LogP contribution in [0.25, 0.3) is 10.2 Å². The number of ether oxygens (including phenoxy) is 1. The molecule has 0 unspecified atom stereocenters. The van der Waals surface area contributed by atoms with Crippen molar-refractivity contribution in [1.29, 1.82) is 0 Å². The van der Waals surface area contributed by atoms with E-state index in [4.69, 9.17) is 9.72 Å². The fourth-order valence-corrected chi connectivity index (χ4v) is 5.32. The van der Waals surface area contributed by atoms with Crippen molar-refractivity contribution in [2.24, 2.45) is 0 Å². The third kappa shape index (κ3) is 4.36. The quantitative estimate of drug-likeness (QED) is 0.314. The molecule has 9 heteroatoms. The second-order valence-corrected chi connectivity index (χ2v) is 8.74. The SMILES string of the molecule is COC(=O)CCCn1c(Cc2ccc([N+](=O)[O-])cc2)nc2sc3c(c2c1=O)CCCC3. The molecule has 0 bridgehead atoms. The van der Waals surface area contributed by atoms with Crippen molar-refractivity contribution in [3.63, 3.8) is 0 Å². The zero-order valence-electron chi connectivity index (χ0n) is 17.3. The molecule has 1 aliphatic carbocycles. The second kappa shape index (κ2) is 8.97. The number of esters is 1. The van der Waals surface area contributed by atoms with Gasteiger partial charge in [-0.05, 0) is 43.2 Å². The first kappa shape index (κ1) is 21.2. The van der Waals surface area contributed by atoms with Gasteiger partial charge in [0.05, 0.1) is 17.4 Å². The molecule has 0 atom stereocenters. The number of benzene rings is 1. The van der Waals surface area contributed by atoms with Crippen LogP contribution in [-0.2, 0) is 35.3 Å². The summed E-state index contributed by atoms with van der Waals surface area (Å²) < 4.78 is 6.37. The van der Waals surface area contributed by atoms with E-state index in [1.807, 2.05) is 0 Å². The monoisotopic (exact) mass is 441 g/mol. The number of carbonyl (C=O) groups is 1. The van der Waals surface area contributed by atoms with Gasteiger partial charge in [0, 0.05) is 36.4 Å². The molecule has 1 aliphatic rings. The van der Waals surface area contributed by atoms with Gasteiger partial charge in [0.1, 0.15) is 10.7 Å². The Kier molecular flexibility index (Phi) is 6.13. The van der Waals surface area contributed by atoms with Crippen LogP contribution >= 0.6 is 11.3 Å². The van der Waals surface area contributed by atoms with Crippen LogP contribution < -0.4 is 5.56 Å². The molecular formula is C22H23N3O5S. The van der Waals surface area contributed by atoms with Gasteiger partial charge in [0.25, 0.3) is 11.2 Å². The normalized spacial score (nSPS) is 13.2. The summed E-state index contributed by atoms with van der Waals surface area (Å²) in [6, 6.07) is 6.29. The van der Waals surface area contributed by atoms with Crippen molar-refractivity contribution >= 4 is 33.2 Å². The standard InChI is InChI=1S/C22H23N3O5S/c1-30-19(26)7-4-12-24-18(13-14-8-10-15(11-9-14)25(28)29)23-21-20(22(24)27)16-5-2-3-6-17(16)31-21/h8-11H,2-7,12-13H2,1H3. The van der Waals surface area contributed by atoms with Crippen LogP contribution in [0.3, 0.4) is 0 Å². The predicted molar refractivity (Wildman–Crippen MR) is 118 cm³/mol. The fourth-order valence-electron chi connectivity index (χ4n) is 4.05. The molecule has 0 spiro atoms. The Morgan fingerprint density at radius 3 is 2.71 bits per heavy atom. The van der Waals surface area contributed by atoms with Crippen molar-refractivity contribution in [3.05, 3.63) is 66.6 Å². The summed E-state index contributed by atoms with van der Waals surface area (Å²) in [5, 5.41) is 11.6. The maximum Gasteiger partial charge on any atom is 0.305 e. The van der Waals surface area contributed by atoms with E-state index in [0.29, 0.717) is 30.6 Å². The molecule has 0 aliphatic heterocycles. The molecule has 4 rings (SSSR count). The average Bonchev–Trinajstić information content (AvgIpc) is 3.14. The van der Waals surface area contributed by atoms with Crippen LogP contribution in [-0.4, -0.2) is 27.6 Å². The number of thiophene rings is 1. The highest BCUT2D eigenvalue weighted by molar-refractivity contribution is 7.18. The van der Waals surface area contributed by atoms with E-state index in [1.54, 1.807) is 28.0 Å². The molecule has 0 saturated heterocycles. The van der Waals surface area contributed by atoms with Crippen LogP contribution in [0.1, 0.15) is 47.5 Å². The molecule has 0 saturated carbocycles. The maximum atomic E-state index is 13.5. The number of carbonyl (C=O) groups excluding carboxylic acids is 1. The largest absolute Gasteiger partial charge is 0.469 e. The number of aryl methyl sites for hydroxylation is 2. The van der Waals surface area contributed by atoms with E-state index in [-0.39, 0.29) is 23.6 Å². The van der Waals surface area contributed by atoms with E-state index in [0.717, 1.165) is 41.6 Å². The minimum atomic E-state index is -0.438. The average molecular weight is 442 g/mol. The number of fused-ring (bicyclic) bond motifs is 3. The number of hydrogen-bond donors (Lipinski definition) is 0. The molecule has 2 heterocycles. The number of nitro benzene ring substituents is 1. The summed E-state index contributed by atoms with van der Waals surface area (Å²) >= 11 is 1.60. The van der Waals surface area contributed by atoms with Gasteiger partial charge in [-0.2, -0.15) is 0 Å². The summed E-state index contributed by atoms with van der Waals surface area (Å²) in [4.78, 5) is 42.4. The van der Waals surface area contributed by atoms with Gasteiger partial charge < -0.3 is 4.74 Å². The Labute approximate surface area is 182 Å². The van der Waals surface area contributed by atoms with Gasteiger partial charge in [0.2, 0.25) is 0 Å². The van der Waals surface area contributed by atoms with Gasteiger partial charge in [-0.1, -0.05) is 12.1 Å². The first-order chi connectivity index (χ1) is 15.0. The minimum Gasteiger partial charge on any atom is -0.469 e. The zero-order valence-corrected chi connectivity index (χ0v) is 18.1. The summed E-state index contributed by atoms with van der Waals surface area (Å²) in [5.74, 6) is 0.293. The Balaban J connectivity index is 1.74. The summed E-state index contributed by atoms with van der Waals surface area (Å²) in [7, 11) is 1.35. The van der Waals surface area contributed by atoms with Crippen molar-refractivity contribution in [2.45, 2.75) is 51.5 Å². The Morgan fingerprint density at radius 2 is 2.00 bits per heavy atom. The molecule has 0 radical (unpaired) electrons. The van der Waals surface area contributed by atoms with Crippen molar-refractivity contribution < 1.29 is 14.5 Å². The molecule has 3 aromatic rings. The van der Waals surface area contributed by atoms with Crippen LogP contribution in [0.4, 0.5) is 5.69 Å². The molecule has 1 aromatic carbocycles. The van der Waals surface area contributed by atoms with Crippen molar-refractivity contribution in [2.75, 3.05) is 7.11 Å². The van der Waals surface area contributed by atoms with Gasteiger partial charge in [0.15, 0.2) is 0 Å². The number of non-ortho nitro benzene ring substituents is 1. The third-order valence-corrected chi connectivity index (χ3v) is 6.84. The van der Waals surface area contributed by atoms with Crippen molar-refractivity contribution in [3.8, 4) is 0 Å². The fraction of sp³-hybridized carbons (Fsp3) is 0.409. The van der Waals surface area contributed by atoms with Crippen LogP contribution in [0, 0.1) is 10.1 Å². The molecule has 0 amide bonds. The summed E-state index contributed by atoms with van der Waals surface area (Å²) in [5.41, 5.74) is 1.92. The van der Waals surface area contributed by atoms with Gasteiger partial charge in [-0.25, -0.2) is 4.98 Å². The number of rotatable bonds is 7. The van der Waals surface area contributed by atoms with Crippen molar-refractivity contribution in [1.82, 2.24) is 9.55 Å². The lowest BCUT2D eigenvalue weighted by molar-refractivity contribution is -0.384. The van der Waals surface area contributed by atoms with E-state index in [1.165, 1.54) is 24.1 Å². The van der Waals surface area contributed by atoms with Gasteiger partial charge >= 0.3 is 5.97 Å². The molecule has 162 valence electrons. The number of aromatic nitrogens is 2. The molecule has 0 fully saturated rings. The lowest BCUT2D eigenvalue weighted by atomic mass is 9.97. The van der Waals surface area contributed by atoms with E-state index in [9.17, 15) is 19.7 Å². The van der Waals surface area contributed by atoms with Gasteiger partial charge in [-0.3, -0.25) is 24.3 Å². The summed E-state index contributed by atoms with van der Waals surface area (Å²) in [6.07, 6.45) is 5.16. The highest BCUT2D eigenvalue weighted by Crippen LogP contribution is 2.34. The highest BCUT2D eigenvalue weighted by Gasteiger charge is 2.22. The summed E-state index contributed by atoms with van der Waals surface area (Å²) in [6.45, 7) is 0.365. The lowest BCUT2D eigenvalue weighted by Crippen LogP contribution is -2.26. The third-order valence-electron chi connectivity index (χ3n) is 5.65. The van der Waals surface area contributed by atoms with E-state index >= 15 is 0 Å². The number of nitro groups is 1. The van der Waals surface area contributed by atoms with Crippen LogP contribution in [0.2, 0.25) is 0 Å². The van der Waals surface area contributed by atoms with E-state index in [2.05, 4.69) is 0 Å². The molecule has 8 nitrogen and oxygen atoms in total. The number of nitrogens with zero attached hydrogens (tertiary/aromatic N) is 3. The highest BCUT2D eigenvalue weighted by atomic mass is 32.1. The number of methoxy groups -OCH3 is 1. The molecule has 0 N–H and O–H groups in total. The molecule has 2 aromatic heterocycles. The first-order valence-electron chi connectivity index (χ1n) is 10.3. The van der Waals surface area contributed by atoms with Gasteiger partial charge in [-0.15, -0.1) is 11.3 Å². The maximum absolute atomic E-state index is 13.5. The molecular weight excluding hydrogens is 418 g/mol. The Bertz CT molecular complexity index is 1200. The predicted octanol–water partition coefficient (Wildman–Crippen LogP) is 3.79. The topological polar surface area (TPSA) is 104 Å². The Hall–Kier alpha value is -3.07. The van der Waals surface area contributed by atoms with E-state index < -0.39 is 4.92 Å². The van der Waals surface area contributed by atoms with Crippen LogP contribution in [0.5, 0.6) is 0 Å². The van der Waals surface area contributed by atoms with Crippen LogP contribution in [0.15, 0.2) is 29.1 Å². The second-order valence-electron chi connectivity index (χ2n) is 7.66. The first-order valence-corrected chi connectivity index (χ1v) is 11.1. The Morgan fingerprint density at radius 1 is 1.26 bits per heavy atom.